The molecule has 21 heavy (non-hydrogen) atoms. The third-order valence-electron chi connectivity index (χ3n) is 2.79. The molecule has 0 aromatic heterocycles. The van der Waals surface area contributed by atoms with Crippen LogP contribution in [0.25, 0.3) is 0 Å². The third kappa shape index (κ3) is 11.5. The van der Waals surface area contributed by atoms with Gasteiger partial charge < -0.3 is 15.1 Å². The van der Waals surface area contributed by atoms with Gasteiger partial charge in [-0.25, -0.2) is 4.99 Å². The molecular formula is C15H31IN4O. The molecule has 0 spiro atoms. The summed E-state index contributed by atoms with van der Waals surface area (Å²) in [5, 5.41) is 3.32. The van der Waals surface area contributed by atoms with Gasteiger partial charge in [-0.3, -0.25) is 4.79 Å². The van der Waals surface area contributed by atoms with E-state index in [0.717, 1.165) is 31.9 Å². The molecule has 0 aliphatic carbocycles. The summed E-state index contributed by atoms with van der Waals surface area (Å²) < 4.78 is 0. The number of aliphatic imine (C=N–C) groups is 1. The summed E-state index contributed by atoms with van der Waals surface area (Å²) in [4.78, 5) is 19.7. The zero-order chi connectivity index (χ0) is 15.5. The highest BCUT2D eigenvalue weighted by Crippen LogP contribution is 1.96. The molecule has 5 nitrogen and oxygen atoms in total. The van der Waals surface area contributed by atoms with Gasteiger partial charge in [-0.15, -0.1) is 30.6 Å². The number of carbonyl (C=O) groups excluding carboxylic acids is 1. The first kappa shape index (κ1) is 22.5. The van der Waals surface area contributed by atoms with Crippen LogP contribution in [0.4, 0.5) is 0 Å². The maximum absolute atomic E-state index is 11.6. The number of amides is 1. The summed E-state index contributed by atoms with van der Waals surface area (Å²) in [6.45, 7) is 9.94. The Labute approximate surface area is 146 Å². The number of nitrogens with one attached hydrogen (secondary N) is 1. The molecule has 0 atom stereocenters. The molecule has 124 valence electrons. The second kappa shape index (κ2) is 12.9. The van der Waals surface area contributed by atoms with Crippen LogP contribution in [-0.2, 0) is 4.79 Å². The van der Waals surface area contributed by atoms with Gasteiger partial charge in [-0.2, -0.15) is 0 Å². The van der Waals surface area contributed by atoms with E-state index in [2.05, 4.69) is 35.6 Å². The lowest BCUT2D eigenvalue weighted by Gasteiger charge is -2.23. The van der Waals surface area contributed by atoms with Crippen LogP contribution in [-0.4, -0.2) is 62.4 Å². The van der Waals surface area contributed by atoms with Gasteiger partial charge >= 0.3 is 0 Å². The van der Waals surface area contributed by atoms with E-state index in [1.165, 1.54) is 0 Å². The normalized spacial score (nSPS) is 10.9. The highest BCUT2D eigenvalue weighted by Gasteiger charge is 2.09. The molecule has 0 fully saturated rings. The van der Waals surface area contributed by atoms with Gasteiger partial charge in [-0.1, -0.05) is 19.9 Å². The quantitative estimate of drug-likeness (QED) is 0.220. The summed E-state index contributed by atoms with van der Waals surface area (Å²) >= 11 is 0. The lowest BCUT2D eigenvalue weighted by molar-refractivity contribution is -0.127. The minimum absolute atomic E-state index is 0. The molecule has 0 aliphatic heterocycles. The molecule has 0 bridgehead atoms. The van der Waals surface area contributed by atoms with E-state index in [1.54, 1.807) is 19.0 Å². The largest absolute Gasteiger partial charge is 0.356 e. The molecule has 0 radical (unpaired) electrons. The molecule has 0 saturated heterocycles. The summed E-state index contributed by atoms with van der Waals surface area (Å²) in [6, 6.07) is 0. The number of carbonyl (C=O) groups is 1. The van der Waals surface area contributed by atoms with E-state index < -0.39 is 0 Å². The standard InChI is InChI=1S/C15H30N4O.HI/c1-7-8-9-10-19(6)15(16-11-13(2)3)17-12-14(20)18(4)5;/h7,13H,1,8-12H2,2-6H3,(H,16,17);1H. The Morgan fingerprint density at radius 1 is 1.33 bits per heavy atom. The smallest absolute Gasteiger partial charge is 0.243 e. The number of allylic oxidation sites excluding steroid dienone is 1. The van der Waals surface area contributed by atoms with Crippen LogP contribution in [0.3, 0.4) is 0 Å². The Kier molecular flexibility index (Phi) is 13.8. The highest BCUT2D eigenvalue weighted by molar-refractivity contribution is 14.0. The number of halogens is 1. The maximum atomic E-state index is 11.6. The van der Waals surface area contributed by atoms with E-state index in [4.69, 9.17) is 0 Å². The van der Waals surface area contributed by atoms with Gasteiger partial charge in [0.2, 0.25) is 5.91 Å². The van der Waals surface area contributed by atoms with Crippen LogP contribution in [0, 0.1) is 5.92 Å². The number of hydrogen-bond donors (Lipinski definition) is 1. The Bertz CT molecular complexity index is 330. The average molecular weight is 410 g/mol. The van der Waals surface area contributed by atoms with Gasteiger partial charge in [0.25, 0.3) is 0 Å². The lowest BCUT2D eigenvalue weighted by Crippen LogP contribution is -2.41. The van der Waals surface area contributed by atoms with Crippen LogP contribution >= 0.6 is 24.0 Å². The summed E-state index contributed by atoms with van der Waals surface area (Å²) in [6.07, 6.45) is 3.93. The van der Waals surface area contributed by atoms with Crippen molar-refractivity contribution in [3.63, 3.8) is 0 Å². The molecule has 0 unspecified atom stereocenters. The second-order valence-electron chi connectivity index (χ2n) is 5.56. The Balaban J connectivity index is 0. The SMILES string of the molecule is C=CCCCN(C)C(=NCC(=O)N(C)C)NCC(C)C.I. The van der Waals surface area contributed by atoms with Gasteiger partial charge in [0.1, 0.15) is 6.54 Å². The first-order valence-corrected chi connectivity index (χ1v) is 7.19. The molecular weight excluding hydrogens is 379 g/mol. The Morgan fingerprint density at radius 3 is 2.43 bits per heavy atom. The van der Waals surface area contributed by atoms with Crippen LogP contribution in [0.1, 0.15) is 26.7 Å². The van der Waals surface area contributed by atoms with Crippen molar-refractivity contribution in [3.05, 3.63) is 12.7 Å². The molecule has 6 heteroatoms. The zero-order valence-corrected chi connectivity index (χ0v) is 16.4. The van der Waals surface area contributed by atoms with Crippen molar-refractivity contribution in [2.24, 2.45) is 10.9 Å². The predicted octanol–water partition coefficient (Wildman–Crippen LogP) is 2.19. The number of guanidine groups is 1. The van der Waals surface area contributed by atoms with Gasteiger partial charge in [0.15, 0.2) is 5.96 Å². The molecule has 0 aromatic carbocycles. The van der Waals surface area contributed by atoms with Crippen molar-refractivity contribution in [1.82, 2.24) is 15.1 Å². The predicted molar refractivity (Wildman–Crippen MR) is 101 cm³/mol. The fourth-order valence-corrected chi connectivity index (χ4v) is 1.47. The molecule has 0 aliphatic rings. The number of likely N-dealkylation sites (N-methyl/N-ethyl adjacent to an activating group) is 1. The molecule has 1 N–H and O–H groups in total. The Hall–Kier alpha value is -0.790. The second-order valence-corrected chi connectivity index (χ2v) is 5.56. The van der Waals surface area contributed by atoms with Crippen LogP contribution < -0.4 is 5.32 Å². The minimum Gasteiger partial charge on any atom is -0.356 e. The fourth-order valence-electron chi connectivity index (χ4n) is 1.47. The van der Waals surface area contributed by atoms with Crippen molar-refractivity contribution in [2.75, 3.05) is 40.8 Å². The summed E-state index contributed by atoms with van der Waals surface area (Å²) in [5.41, 5.74) is 0. The van der Waals surface area contributed by atoms with Crippen molar-refractivity contribution in [2.45, 2.75) is 26.7 Å². The minimum atomic E-state index is 0. The molecule has 0 rings (SSSR count). The molecule has 0 saturated carbocycles. The molecule has 0 aromatic rings. The van der Waals surface area contributed by atoms with Crippen molar-refractivity contribution >= 4 is 35.8 Å². The van der Waals surface area contributed by atoms with Crippen LogP contribution in [0.5, 0.6) is 0 Å². The number of nitrogens with zero attached hydrogens (tertiary/aromatic N) is 3. The first-order valence-electron chi connectivity index (χ1n) is 7.19. The van der Waals surface area contributed by atoms with Crippen LogP contribution in [0.2, 0.25) is 0 Å². The topological polar surface area (TPSA) is 47.9 Å². The first-order chi connectivity index (χ1) is 9.38. The average Bonchev–Trinajstić information content (AvgIpc) is 2.38. The number of hydrogen-bond acceptors (Lipinski definition) is 2. The van der Waals surface area contributed by atoms with Crippen molar-refractivity contribution in [1.29, 1.82) is 0 Å². The van der Waals surface area contributed by atoms with E-state index >= 15 is 0 Å². The Morgan fingerprint density at radius 2 is 1.95 bits per heavy atom. The summed E-state index contributed by atoms with van der Waals surface area (Å²) in [7, 11) is 5.48. The molecule has 0 heterocycles. The monoisotopic (exact) mass is 410 g/mol. The number of unbranched alkanes of at least 4 members (excludes halogenated alkanes) is 1. The van der Waals surface area contributed by atoms with Gasteiger partial charge in [-0.05, 0) is 18.8 Å². The van der Waals surface area contributed by atoms with E-state index in [0.29, 0.717) is 5.92 Å². The summed E-state index contributed by atoms with van der Waals surface area (Å²) in [5.74, 6) is 1.33. The zero-order valence-electron chi connectivity index (χ0n) is 14.1. The highest BCUT2D eigenvalue weighted by atomic mass is 127. The molecule has 1 amide bonds. The fraction of sp³-hybridized carbons (Fsp3) is 0.733. The third-order valence-corrected chi connectivity index (χ3v) is 2.79. The van der Waals surface area contributed by atoms with E-state index in [-0.39, 0.29) is 36.4 Å². The number of rotatable bonds is 8. The van der Waals surface area contributed by atoms with Gasteiger partial charge in [0.05, 0.1) is 0 Å². The van der Waals surface area contributed by atoms with Crippen molar-refractivity contribution < 1.29 is 4.79 Å². The van der Waals surface area contributed by atoms with Gasteiger partial charge in [0, 0.05) is 34.2 Å². The lowest BCUT2D eigenvalue weighted by atomic mass is 10.2. The van der Waals surface area contributed by atoms with E-state index in [1.807, 2.05) is 13.1 Å². The van der Waals surface area contributed by atoms with E-state index in [9.17, 15) is 4.79 Å². The van der Waals surface area contributed by atoms with Crippen LogP contribution in [0.15, 0.2) is 17.6 Å². The maximum Gasteiger partial charge on any atom is 0.243 e. The van der Waals surface area contributed by atoms with Crippen molar-refractivity contribution in [3.8, 4) is 0 Å².